The number of nitrogens with zero attached hydrogens (tertiary/aromatic N) is 3. The number of rotatable bonds is 12. The van der Waals surface area contributed by atoms with Crippen molar-refractivity contribution in [1.82, 2.24) is 20.1 Å². The number of carbonyl (C=O) groups is 2. The van der Waals surface area contributed by atoms with Gasteiger partial charge in [0.2, 0.25) is 5.91 Å². The van der Waals surface area contributed by atoms with Crippen LogP contribution in [0, 0.1) is 6.92 Å². The Hall–Kier alpha value is -2.98. The second-order valence-electron chi connectivity index (χ2n) is 7.83. The van der Waals surface area contributed by atoms with E-state index in [1.807, 2.05) is 48.9 Å². The molecule has 0 bridgehead atoms. The van der Waals surface area contributed by atoms with Crippen LogP contribution in [0.1, 0.15) is 41.1 Å². The van der Waals surface area contributed by atoms with E-state index in [1.165, 1.54) is 11.8 Å². The highest BCUT2D eigenvalue weighted by atomic mass is 32.2. The highest BCUT2D eigenvalue weighted by Gasteiger charge is 2.23. The van der Waals surface area contributed by atoms with Crippen molar-refractivity contribution < 1.29 is 14.3 Å². The Kier molecular flexibility index (Phi) is 10.0. The van der Waals surface area contributed by atoms with Crippen molar-refractivity contribution in [2.24, 2.45) is 0 Å². The van der Waals surface area contributed by atoms with Gasteiger partial charge in [-0.1, -0.05) is 23.9 Å². The molecule has 0 aliphatic heterocycles. The van der Waals surface area contributed by atoms with Crippen LogP contribution in [-0.4, -0.2) is 51.5 Å². The number of benzene rings is 2. The second-order valence-corrected chi connectivity index (χ2v) is 9.76. The maximum absolute atomic E-state index is 12.9. The quantitative estimate of drug-likeness (QED) is 0.342. The molecular weight excluding hydrogens is 482 g/mol. The number of thioether (sulfide) groups is 2. The average molecular weight is 514 g/mol. The molecule has 1 heterocycles. The van der Waals surface area contributed by atoms with Gasteiger partial charge in [0.15, 0.2) is 11.0 Å². The molecule has 0 spiro atoms. The molecule has 8 nitrogen and oxygen atoms in total. The molecule has 1 aromatic heterocycles. The first-order valence-corrected chi connectivity index (χ1v) is 13.7. The molecule has 0 unspecified atom stereocenters. The normalized spacial score (nSPS) is 11.7. The van der Waals surface area contributed by atoms with E-state index < -0.39 is 0 Å². The minimum atomic E-state index is -0.306. The lowest BCUT2D eigenvalue weighted by molar-refractivity contribution is -0.113. The van der Waals surface area contributed by atoms with Crippen molar-refractivity contribution >= 4 is 41.0 Å². The summed E-state index contributed by atoms with van der Waals surface area (Å²) >= 11 is 3.04. The van der Waals surface area contributed by atoms with Gasteiger partial charge < -0.3 is 19.9 Å². The molecule has 0 saturated carbocycles. The summed E-state index contributed by atoms with van der Waals surface area (Å²) in [4.78, 5) is 25.4. The maximum atomic E-state index is 12.9. The van der Waals surface area contributed by atoms with Crippen LogP contribution in [0.15, 0.2) is 53.7 Å². The molecule has 186 valence electrons. The molecule has 3 aromatic rings. The summed E-state index contributed by atoms with van der Waals surface area (Å²) in [5.74, 6) is 2.14. The minimum absolute atomic E-state index is 0.112. The Bertz CT molecular complexity index is 1130. The monoisotopic (exact) mass is 513 g/mol. The molecule has 0 saturated heterocycles. The fourth-order valence-electron chi connectivity index (χ4n) is 3.50. The zero-order valence-electron chi connectivity index (χ0n) is 20.4. The van der Waals surface area contributed by atoms with E-state index in [1.54, 1.807) is 43.1 Å². The zero-order valence-corrected chi connectivity index (χ0v) is 22.0. The van der Waals surface area contributed by atoms with E-state index in [0.717, 1.165) is 17.0 Å². The summed E-state index contributed by atoms with van der Waals surface area (Å²) in [5, 5.41) is 15.4. The van der Waals surface area contributed by atoms with E-state index in [-0.39, 0.29) is 23.6 Å². The first-order valence-electron chi connectivity index (χ1n) is 11.3. The van der Waals surface area contributed by atoms with Crippen molar-refractivity contribution in [3.05, 3.63) is 65.5 Å². The topological polar surface area (TPSA) is 98.1 Å². The molecule has 10 heteroatoms. The number of hydrogen-bond acceptors (Lipinski definition) is 7. The van der Waals surface area contributed by atoms with Crippen LogP contribution in [0.4, 0.5) is 5.69 Å². The molecule has 0 radical (unpaired) electrons. The van der Waals surface area contributed by atoms with Crippen LogP contribution in [0.25, 0.3) is 0 Å². The van der Waals surface area contributed by atoms with E-state index in [4.69, 9.17) is 4.74 Å². The van der Waals surface area contributed by atoms with Crippen LogP contribution in [0.5, 0.6) is 5.75 Å². The first-order chi connectivity index (χ1) is 16.9. The number of aryl methyl sites for hydroxylation is 1. The fourth-order valence-corrected chi connectivity index (χ4v) is 4.78. The second kappa shape index (κ2) is 13.2. The van der Waals surface area contributed by atoms with Crippen LogP contribution in [-0.2, 0) is 11.3 Å². The largest absolute Gasteiger partial charge is 0.497 e. The lowest BCUT2D eigenvalue weighted by Gasteiger charge is -2.19. The lowest BCUT2D eigenvalue weighted by Crippen LogP contribution is -2.31. The third-order valence-corrected chi connectivity index (χ3v) is 6.89. The van der Waals surface area contributed by atoms with E-state index in [0.29, 0.717) is 35.3 Å². The molecule has 0 aliphatic carbocycles. The van der Waals surface area contributed by atoms with Gasteiger partial charge in [-0.25, -0.2) is 0 Å². The molecule has 0 aliphatic rings. The Balaban J connectivity index is 1.70. The zero-order chi connectivity index (χ0) is 25.2. The number of amides is 2. The third-order valence-electron chi connectivity index (χ3n) is 5.28. The first kappa shape index (κ1) is 26.6. The number of methoxy groups -OCH3 is 1. The number of aromatic nitrogens is 3. The van der Waals surface area contributed by atoms with E-state index in [2.05, 4.69) is 20.8 Å². The van der Waals surface area contributed by atoms with Gasteiger partial charge in [-0.05, 0) is 74.2 Å². The summed E-state index contributed by atoms with van der Waals surface area (Å²) < 4.78 is 7.14. The van der Waals surface area contributed by atoms with Crippen LogP contribution >= 0.6 is 23.5 Å². The van der Waals surface area contributed by atoms with Crippen LogP contribution < -0.4 is 15.4 Å². The van der Waals surface area contributed by atoms with Gasteiger partial charge in [-0.15, -0.1) is 10.2 Å². The summed E-state index contributed by atoms with van der Waals surface area (Å²) in [7, 11) is 1.59. The average Bonchev–Trinajstić information content (AvgIpc) is 3.28. The predicted molar refractivity (Wildman–Crippen MR) is 142 cm³/mol. The van der Waals surface area contributed by atoms with E-state index in [9.17, 15) is 9.59 Å². The SMILES string of the molecule is CCn1c(SCC(=O)Nc2cccc(C)c2)nnc1[C@@H](CCSC)NC(=O)c1ccc(OC)cc1. The van der Waals surface area contributed by atoms with Crippen molar-refractivity contribution in [3.63, 3.8) is 0 Å². The van der Waals surface area contributed by atoms with Crippen molar-refractivity contribution in [2.75, 3.05) is 30.2 Å². The van der Waals surface area contributed by atoms with E-state index >= 15 is 0 Å². The smallest absolute Gasteiger partial charge is 0.251 e. The molecule has 35 heavy (non-hydrogen) atoms. The summed E-state index contributed by atoms with van der Waals surface area (Å²) in [6.45, 7) is 4.61. The molecule has 2 amide bonds. The van der Waals surface area contributed by atoms with Gasteiger partial charge in [-0.2, -0.15) is 11.8 Å². The number of ether oxygens (including phenoxy) is 1. The van der Waals surface area contributed by atoms with Crippen molar-refractivity contribution in [1.29, 1.82) is 0 Å². The van der Waals surface area contributed by atoms with Crippen molar-refractivity contribution in [2.45, 2.75) is 38.0 Å². The standard InChI is InChI=1S/C25H31N5O3S2/c1-5-30-23(21(13-14-34-4)27-24(32)18-9-11-20(33-3)12-10-18)28-29-25(30)35-16-22(31)26-19-8-6-7-17(2)15-19/h6-12,15,21H,5,13-14,16H2,1-4H3,(H,26,31)(H,27,32)/t21-/m1/s1. The Morgan fingerprint density at radius 3 is 2.57 bits per heavy atom. The summed E-state index contributed by atoms with van der Waals surface area (Å²) in [6, 6.07) is 14.4. The molecular formula is C25H31N5O3S2. The molecule has 2 N–H and O–H groups in total. The number of carbonyl (C=O) groups excluding carboxylic acids is 2. The number of hydrogen-bond donors (Lipinski definition) is 2. The van der Waals surface area contributed by atoms with Crippen LogP contribution in [0.2, 0.25) is 0 Å². The fraction of sp³-hybridized carbons (Fsp3) is 0.360. The van der Waals surface area contributed by atoms with Gasteiger partial charge >= 0.3 is 0 Å². The molecule has 3 rings (SSSR count). The van der Waals surface area contributed by atoms with Gasteiger partial charge in [0.25, 0.3) is 5.91 Å². The highest BCUT2D eigenvalue weighted by molar-refractivity contribution is 7.99. The van der Waals surface area contributed by atoms with Crippen molar-refractivity contribution in [3.8, 4) is 5.75 Å². The lowest BCUT2D eigenvalue weighted by atomic mass is 10.1. The third kappa shape index (κ3) is 7.50. The predicted octanol–water partition coefficient (Wildman–Crippen LogP) is 4.57. The minimum Gasteiger partial charge on any atom is -0.497 e. The maximum Gasteiger partial charge on any atom is 0.251 e. The molecule has 1 atom stereocenters. The summed E-state index contributed by atoms with van der Waals surface area (Å²) in [6.07, 6.45) is 2.74. The van der Waals surface area contributed by atoms with Gasteiger partial charge in [0.1, 0.15) is 5.75 Å². The van der Waals surface area contributed by atoms with Gasteiger partial charge in [-0.3, -0.25) is 9.59 Å². The molecule has 2 aromatic carbocycles. The Morgan fingerprint density at radius 1 is 1.14 bits per heavy atom. The number of anilines is 1. The van der Waals surface area contributed by atoms with Crippen LogP contribution in [0.3, 0.4) is 0 Å². The summed E-state index contributed by atoms with van der Waals surface area (Å²) in [5.41, 5.74) is 2.40. The molecule has 0 fully saturated rings. The highest BCUT2D eigenvalue weighted by Crippen LogP contribution is 2.24. The number of nitrogens with one attached hydrogen (secondary N) is 2. The van der Waals surface area contributed by atoms with Gasteiger partial charge in [0.05, 0.1) is 18.9 Å². The van der Waals surface area contributed by atoms with Gasteiger partial charge in [0, 0.05) is 17.8 Å². The Morgan fingerprint density at radius 2 is 1.91 bits per heavy atom. The Labute approximate surface area is 214 Å².